The summed E-state index contributed by atoms with van der Waals surface area (Å²) in [5.74, 6) is 1.67. The van der Waals surface area contributed by atoms with Crippen LogP contribution in [-0.4, -0.2) is 26.3 Å². The molecule has 0 aromatic carbocycles. The Balaban J connectivity index is 2.49. The predicted molar refractivity (Wildman–Crippen MR) is 74.2 cm³/mol. The summed E-state index contributed by atoms with van der Waals surface area (Å²) in [5, 5.41) is 3.50. The van der Waals surface area contributed by atoms with Crippen LogP contribution in [-0.2, 0) is 4.74 Å². The van der Waals surface area contributed by atoms with E-state index in [9.17, 15) is 0 Å². The van der Waals surface area contributed by atoms with E-state index in [2.05, 4.69) is 40.1 Å². The molecule has 1 aliphatic carbocycles. The maximum absolute atomic E-state index is 5.52. The Labute approximate surface area is 108 Å². The first-order valence-electron chi connectivity index (χ1n) is 7.24. The fraction of sp³-hybridized carbons (Fsp3) is 1.00. The summed E-state index contributed by atoms with van der Waals surface area (Å²) < 4.78 is 5.52. The van der Waals surface area contributed by atoms with Gasteiger partial charge in [0, 0.05) is 19.3 Å². The molecular formula is C15H31NO. The number of nitrogens with one attached hydrogen (secondary N) is 1. The molecule has 0 spiro atoms. The monoisotopic (exact) mass is 241 g/mol. The topological polar surface area (TPSA) is 21.3 Å². The summed E-state index contributed by atoms with van der Waals surface area (Å²) >= 11 is 0. The van der Waals surface area contributed by atoms with Crippen molar-refractivity contribution in [2.75, 3.05) is 20.3 Å². The molecule has 0 radical (unpaired) electrons. The fourth-order valence-corrected chi connectivity index (χ4v) is 3.13. The molecule has 0 aliphatic heterocycles. The van der Waals surface area contributed by atoms with Crippen LogP contribution in [0.3, 0.4) is 0 Å². The molecule has 17 heavy (non-hydrogen) atoms. The second-order valence-electron chi connectivity index (χ2n) is 6.52. The van der Waals surface area contributed by atoms with Gasteiger partial charge in [-0.2, -0.15) is 0 Å². The molecule has 1 saturated carbocycles. The van der Waals surface area contributed by atoms with Gasteiger partial charge in [-0.15, -0.1) is 0 Å². The van der Waals surface area contributed by atoms with Crippen LogP contribution >= 0.6 is 0 Å². The van der Waals surface area contributed by atoms with E-state index in [1.165, 1.54) is 25.7 Å². The van der Waals surface area contributed by atoms with Crippen molar-refractivity contribution in [2.45, 2.75) is 59.4 Å². The first-order valence-corrected chi connectivity index (χ1v) is 7.24. The lowest BCUT2D eigenvalue weighted by atomic mass is 9.67. The molecule has 0 aromatic heterocycles. The van der Waals surface area contributed by atoms with Crippen molar-refractivity contribution in [1.82, 2.24) is 5.32 Å². The number of hydrogen-bond donors (Lipinski definition) is 1. The maximum Gasteiger partial charge on any atom is 0.0469 e. The highest BCUT2D eigenvalue weighted by molar-refractivity contribution is 4.88. The first-order chi connectivity index (χ1) is 7.99. The third-order valence-corrected chi connectivity index (χ3v) is 4.42. The van der Waals surface area contributed by atoms with Crippen LogP contribution in [0.1, 0.15) is 53.4 Å². The van der Waals surface area contributed by atoms with E-state index in [0.29, 0.717) is 11.5 Å². The molecule has 2 heteroatoms. The highest BCUT2D eigenvalue weighted by atomic mass is 16.5. The van der Waals surface area contributed by atoms with E-state index in [-0.39, 0.29) is 0 Å². The van der Waals surface area contributed by atoms with Crippen LogP contribution < -0.4 is 5.32 Å². The van der Waals surface area contributed by atoms with Gasteiger partial charge < -0.3 is 10.1 Å². The number of hydrogen-bond acceptors (Lipinski definition) is 2. The minimum atomic E-state index is 0.461. The Morgan fingerprint density at radius 2 is 1.94 bits per heavy atom. The van der Waals surface area contributed by atoms with Crippen LogP contribution in [0.15, 0.2) is 0 Å². The van der Waals surface area contributed by atoms with Crippen molar-refractivity contribution in [3.8, 4) is 0 Å². The average Bonchev–Trinajstić information content (AvgIpc) is 2.28. The molecule has 1 aliphatic rings. The molecule has 1 N–H and O–H groups in total. The zero-order valence-electron chi connectivity index (χ0n) is 12.4. The molecule has 0 amide bonds. The molecule has 0 saturated heterocycles. The maximum atomic E-state index is 5.52. The lowest BCUT2D eigenvalue weighted by molar-refractivity contribution is 0.0780. The normalized spacial score (nSPS) is 30.5. The summed E-state index contributed by atoms with van der Waals surface area (Å²) in [5.41, 5.74) is 0.461. The van der Waals surface area contributed by atoms with E-state index in [0.717, 1.165) is 25.0 Å². The smallest absolute Gasteiger partial charge is 0.0469 e. The minimum Gasteiger partial charge on any atom is -0.382 e. The van der Waals surface area contributed by atoms with Crippen LogP contribution in [0, 0.1) is 17.3 Å². The molecule has 1 rings (SSSR count). The van der Waals surface area contributed by atoms with Gasteiger partial charge in [-0.05, 0) is 56.9 Å². The summed E-state index contributed by atoms with van der Waals surface area (Å²) in [7, 11) is 2.11. The van der Waals surface area contributed by atoms with Gasteiger partial charge in [0.1, 0.15) is 0 Å². The van der Waals surface area contributed by atoms with Crippen molar-refractivity contribution in [3.63, 3.8) is 0 Å². The Kier molecular flexibility index (Phi) is 5.94. The SMILES string of the molecule is CCOCCC1CC(C(C)(C)C)CCC1NC. The van der Waals surface area contributed by atoms with Crippen LogP contribution in [0.2, 0.25) is 0 Å². The number of ether oxygens (including phenoxy) is 1. The zero-order chi connectivity index (χ0) is 12.9. The average molecular weight is 241 g/mol. The summed E-state index contributed by atoms with van der Waals surface area (Å²) in [6.07, 6.45) is 5.28. The Morgan fingerprint density at radius 3 is 2.47 bits per heavy atom. The lowest BCUT2D eigenvalue weighted by Gasteiger charge is -2.42. The Bertz CT molecular complexity index is 209. The Morgan fingerprint density at radius 1 is 1.24 bits per heavy atom. The van der Waals surface area contributed by atoms with Crippen LogP contribution in [0.25, 0.3) is 0 Å². The van der Waals surface area contributed by atoms with Gasteiger partial charge in [0.25, 0.3) is 0 Å². The van der Waals surface area contributed by atoms with Crippen LogP contribution in [0.4, 0.5) is 0 Å². The molecule has 0 bridgehead atoms. The third kappa shape index (κ3) is 4.59. The second-order valence-corrected chi connectivity index (χ2v) is 6.52. The highest BCUT2D eigenvalue weighted by Gasteiger charge is 2.34. The number of rotatable bonds is 5. The van der Waals surface area contributed by atoms with Gasteiger partial charge >= 0.3 is 0 Å². The molecular weight excluding hydrogens is 210 g/mol. The highest BCUT2D eigenvalue weighted by Crippen LogP contribution is 2.41. The van der Waals surface area contributed by atoms with Crippen LogP contribution in [0.5, 0.6) is 0 Å². The van der Waals surface area contributed by atoms with E-state index < -0.39 is 0 Å². The first kappa shape index (κ1) is 15.0. The summed E-state index contributed by atoms with van der Waals surface area (Å²) in [6.45, 7) is 11.0. The molecule has 0 aromatic rings. The van der Waals surface area contributed by atoms with E-state index in [1.54, 1.807) is 0 Å². The third-order valence-electron chi connectivity index (χ3n) is 4.42. The fourth-order valence-electron chi connectivity index (χ4n) is 3.13. The molecule has 3 unspecified atom stereocenters. The van der Waals surface area contributed by atoms with E-state index in [4.69, 9.17) is 4.74 Å². The minimum absolute atomic E-state index is 0.461. The van der Waals surface area contributed by atoms with E-state index >= 15 is 0 Å². The molecule has 3 atom stereocenters. The quantitative estimate of drug-likeness (QED) is 0.744. The van der Waals surface area contributed by atoms with Crippen molar-refractivity contribution < 1.29 is 4.74 Å². The van der Waals surface area contributed by atoms with Gasteiger partial charge in [0.15, 0.2) is 0 Å². The Hall–Kier alpha value is -0.0800. The molecule has 0 heterocycles. The predicted octanol–water partition coefficient (Wildman–Crippen LogP) is 3.46. The van der Waals surface area contributed by atoms with Gasteiger partial charge in [0.2, 0.25) is 0 Å². The van der Waals surface area contributed by atoms with E-state index in [1.807, 2.05) is 0 Å². The van der Waals surface area contributed by atoms with Crippen molar-refractivity contribution in [3.05, 3.63) is 0 Å². The van der Waals surface area contributed by atoms with Crippen molar-refractivity contribution in [2.24, 2.45) is 17.3 Å². The molecule has 2 nitrogen and oxygen atoms in total. The summed E-state index contributed by atoms with van der Waals surface area (Å²) in [6, 6.07) is 0.703. The van der Waals surface area contributed by atoms with Gasteiger partial charge in [-0.3, -0.25) is 0 Å². The second kappa shape index (κ2) is 6.75. The summed E-state index contributed by atoms with van der Waals surface area (Å²) in [4.78, 5) is 0. The van der Waals surface area contributed by atoms with Gasteiger partial charge in [-0.1, -0.05) is 20.8 Å². The lowest BCUT2D eigenvalue weighted by Crippen LogP contribution is -2.41. The molecule has 102 valence electrons. The van der Waals surface area contributed by atoms with Crippen molar-refractivity contribution in [1.29, 1.82) is 0 Å². The van der Waals surface area contributed by atoms with Gasteiger partial charge in [0.05, 0.1) is 0 Å². The largest absolute Gasteiger partial charge is 0.382 e. The zero-order valence-corrected chi connectivity index (χ0v) is 12.4. The molecule has 1 fully saturated rings. The van der Waals surface area contributed by atoms with Crippen molar-refractivity contribution >= 4 is 0 Å². The van der Waals surface area contributed by atoms with Gasteiger partial charge in [-0.25, -0.2) is 0 Å². The standard InChI is InChI=1S/C15H31NO/c1-6-17-10-9-12-11-13(15(2,3)4)7-8-14(12)16-5/h12-14,16H,6-11H2,1-5H3.